The molecule has 88 valence electrons. The van der Waals surface area contributed by atoms with Gasteiger partial charge < -0.3 is 5.32 Å². The third-order valence-corrected chi connectivity index (χ3v) is 3.49. The van der Waals surface area contributed by atoms with E-state index in [0.29, 0.717) is 0 Å². The highest BCUT2D eigenvalue weighted by Crippen LogP contribution is 2.38. The lowest BCUT2D eigenvalue weighted by Gasteiger charge is -2.36. The molecule has 1 saturated heterocycles. The molecule has 0 radical (unpaired) electrons. The summed E-state index contributed by atoms with van der Waals surface area (Å²) in [6.07, 6.45) is 10.4. The van der Waals surface area contributed by atoms with E-state index in [4.69, 9.17) is 0 Å². The van der Waals surface area contributed by atoms with Crippen LogP contribution in [0.2, 0.25) is 0 Å². The van der Waals surface area contributed by atoms with E-state index < -0.39 is 0 Å². The highest BCUT2D eigenvalue weighted by atomic mass is 14.9. The molecule has 1 aliphatic rings. The number of piperidine rings is 1. The molecule has 0 aromatic carbocycles. The standard InChI is InChI=1S/C15H23N/c1-5-7-8-14(13(3)6-2)15(4)9-11-16-12-10-15/h5-8,16H,1-2,9-12H2,3-4H3/b8-7-,14-13-. The quantitative estimate of drug-likeness (QED) is 0.709. The monoisotopic (exact) mass is 217 g/mol. The van der Waals surface area contributed by atoms with Gasteiger partial charge in [0.05, 0.1) is 0 Å². The van der Waals surface area contributed by atoms with Crippen LogP contribution in [0.1, 0.15) is 26.7 Å². The summed E-state index contributed by atoms with van der Waals surface area (Å²) in [5, 5.41) is 3.42. The summed E-state index contributed by atoms with van der Waals surface area (Å²) in [5.41, 5.74) is 2.97. The first-order chi connectivity index (χ1) is 7.64. The van der Waals surface area contributed by atoms with Gasteiger partial charge in [-0.25, -0.2) is 0 Å². The van der Waals surface area contributed by atoms with Gasteiger partial charge >= 0.3 is 0 Å². The number of hydrogen-bond acceptors (Lipinski definition) is 1. The Morgan fingerprint density at radius 2 is 1.88 bits per heavy atom. The predicted octanol–water partition coefficient (Wildman–Crippen LogP) is 3.62. The average Bonchev–Trinajstić information content (AvgIpc) is 2.30. The molecule has 1 heterocycles. The Labute approximate surface area is 99.6 Å². The van der Waals surface area contributed by atoms with Gasteiger partial charge in [-0.1, -0.05) is 44.4 Å². The van der Waals surface area contributed by atoms with Gasteiger partial charge in [0, 0.05) is 0 Å². The lowest BCUT2D eigenvalue weighted by atomic mass is 9.72. The number of allylic oxidation sites excluding steroid dienone is 6. The molecule has 0 aromatic rings. The zero-order chi connectivity index (χ0) is 12.0. The molecule has 1 fully saturated rings. The van der Waals surface area contributed by atoms with Crippen molar-refractivity contribution in [2.24, 2.45) is 5.41 Å². The van der Waals surface area contributed by atoms with Gasteiger partial charge in [-0.05, 0) is 49.4 Å². The van der Waals surface area contributed by atoms with Gasteiger partial charge in [0.25, 0.3) is 0 Å². The first-order valence-electron chi connectivity index (χ1n) is 5.97. The minimum absolute atomic E-state index is 0.281. The Kier molecular flexibility index (Phi) is 4.75. The first-order valence-corrected chi connectivity index (χ1v) is 5.97. The van der Waals surface area contributed by atoms with Gasteiger partial charge in [-0.2, -0.15) is 0 Å². The second-order valence-electron chi connectivity index (χ2n) is 4.71. The maximum atomic E-state index is 3.88. The molecule has 1 N–H and O–H groups in total. The SMILES string of the molecule is C=C/C=C\C(=C(/C)C=C)C1(C)CCNCC1. The van der Waals surface area contributed by atoms with E-state index in [1.807, 2.05) is 18.2 Å². The zero-order valence-electron chi connectivity index (χ0n) is 10.6. The van der Waals surface area contributed by atoms with Crippen molar-refractivity contribution in [1.29, 1.82) is 0 Å². The van der Waals surface area contributed by atoms with E-state index in [9.17, 15) is 0 Å². The molecule has 1 aliphatic heterocycles. The normalized spacial score (nSPS) is 21.6. The maximum absolute atomic E-state index is 3.88. The van der Waals surface area contributed by atoms with Crippen LogP contribution in [-0.4, -0.2) is 13.1 Å². The average molecular weight is 217 g/mol. The van der Waals surface area contributed by atoms with E-state index in [1.165, 1.54) is 24.0 Å². The molecule has 0 unspecified atom stereocenters. The molecular formula is C15H23N. The topological polar surface area (TPSA) is 12.0 Å². The van der Waals surface area contributed by atoms with Crippen molar-refractivity contribution in [2.75, 3.05) is 13.1 Å². The summed E-state index contributed by atoms with van der Waals surface area (Å²) in [6.45, 7) is 14.3. The van der Waals surface area contributed by atoms with Crippen LogP contribution in [0.4, 0.5) is 0 Å². The number of hydrogen-bond donors (Lipinski definition) is 1. The fraction of sp³-hybridized carbons (Fsp3) is 0.467. The molecule has 0 spiro atoms. The summed E-state index contributed by atoms with van der Waals surface area (Å²) in [6, 6.07) is 0. The van der Waals surface area contributed by atoms with Crippen molar-refractivity contribution in [3.63, 3.8) is 0 Å². The Hall–Kier alpha value is -1.08. The lowest BCUT2D eigenvalue weighted by molar-refractivity contribution is 0.286. The Bertz CT molecular complexity index is 314. The molecule has 1 nitrogen and oxygen atoms in total. The van der Waals surface area contributed by atoms with Crippen LogP contribution in [0, 0.1) is 5.41 Å². The van der Waals surface area contributed by atoms with E-state index in [2.05, 4.69) is 38.4 Å². The minimum Gasteiger partial charge on any atom is -0.317 e. The van der Waals surface area contributed by atoms with Crippen molar-refractivity contribution in [3.05, 3.63) is 48.6 Å². The predicted molar refractivity (Wildman–Crippen MR) is 72.4 cm³/mol. The summed E-state index contributed by atoms with van der Waals surface area (Å²) < 4.78 is 0. The Balaban J connectivity index is 3.04. The van der Waals surface area contributed by atoms with Crippen LogP contribution >= 0.6 is 0 Å². The van der Waals surface area contributed by atoms with Gasteiger partial charge in [0.15, 0.2) is 0 Å². The number of rotatable bonds is 4. The number of nitrogens with one attached hydrogen (secondary N) is 1. The summed E-state index contributed by atoms with van der Waals surface area (Å²) >= 11 is 0. The summed E-state index contributed by atoms with van der Waals surface area (Å²) in [5.74, 6) is 0. The van der Waals surface area contributed by atoms with Crippen LogP contribution < -0.4 is 5.32 Å². The van der Waals surface area contributed by atoms with Crippen molar-refractivity contribution < 1.29 is 0 Å². The highest BCUT2D eigenvalue weighted by Gasteiger charge is 2.30. The van der Waals surface area contributed by atoms with Crippen LogP contribution in [0.25, 0.3) is 0 Å². The molecule has 0 amide bonds. The Morgan fingerprint density at radius 3 is 2.38 bits per heavy atom. The van der Waals surface area contributed by atoms with Crippen molar-refractivity contribution >= 4 is 0 Å². The van der Waals surface area contributed by atoms with Crippen molar-refractivity contribution in [1.82, 2.24) is 5.32 Å². The van der Waals surface area contributed by atoms with E-state index in [-0.39, 0.29) is 5.41 Å². The van der Waals surface area contributed by atoms with Crippen LogP contribution in [0.5, 0.6) is 0 Å². The van der Waals surface area contributed by atoms with Crippen LogP contribution in [0.15, 0.2) is 48.6 Å². The van der Waals surface area contributed by atoms with Gasteiger partial charge in [-0.15, -0.1) is 0 Å². The fourth-order valence-electron chi connectivity index (χ4n) is 2.33. The molecule has 1 rings (SSSR count). The van der Waals surface area contributed by atoms with Crippen LogP contribution in [0.3, 0.4) is 0 Å². The molecule has 0 atom stereocenters. The molecular weight excluding hydrogens is 194 g/mol. The molecule has 0 aromatic heterocycles. The minimum atomic E-state index is 0.281. The molecule has 1 heteroatoms. The smallest absolute Gasteiger partial charge is 0.00405 e. The van der Waals surface area contributed by atoms with E-state index in [1.54, 1.807) is 0 Å². The maximum Gasteiger partial charge on any atom is -0.00405 e. The second-order valence-corrected chi connectivity index (χ2v) is 4.71. The van der Waals surface area contributed by atoms with E-state index in [0.717, 1.165) is 13.1 Å². The summed E-state index contributed by atoms with van der Waals surface area (Å²) in [7, 11) is 0. The third kappa shape index (κ3) is 2.96. The van der Waals surface area contributed by atoms with Crippen molar-refractivity contribution in [3.8, 4) is 0 Å². The third-order valence-electron chi connectivity index (χ3n) is 3.49. The summed E-state index contributed by atoms with van der Waals surface area (Å²) in [4.78, 5) is 0. The lowest BCUT2D eigenvalue weighted by Crippen LogP contribution is -2.36. The van der Waals surface area contributed by atoms with Gasteiger partial charge in [-0.3, -0.25) is 0 Å². The van der Waals surface area contributed by atoms with Crippen LogP contribution in [-0.2, 0) is 0 Å². The highest BCUT2D eigenvalue weighted by molar-refractivity contribution is 5.37. The molecule has 0 bridgehead atoms. The molecule has 16 heavy (non-hydrogen) atoms. The Morgan fingerprint density at radius 1 is 1.25 bits per heavy atom. The van der Waals surface area contributed by atoms with Gasteiger partial charge in [0.1, 0.15) is 0 Å². The molecule has 0 saturated carbocycles. The first kappa shape index (κ1) is 13.0. The largest absolute Gasteiger partial charge is 0.317 e. The molecule has 0 aliphatic carbocycles. The van der Waals surface area contributed by atoms with E-state index >= 15 is 0 Å². The zero-order valence-corrected chi connectivity index (χ0v) is 10.6. The fourth-order valence-corrected chi connectivity index (χ4v) is 2.33. The van der Waals surface area contributed by atoms with Gasteiger partial charge in [0.2, 0.25) is 0 Å². The van der Waals surface area contributed by atoms with Crippen molar-refractivity contribution in [2.45, 2.75) is 26.7 Å². The second kappa shape index (κ2) is 5.86.